The topological polar surface area (TPSA) is 159 Å². The van der Waals surface area contributed by atoms with E-state index in [-0.39, 0.29) is 26.9 Å². The van der Waals surface area contributed by atoms with Crippen LogP contribution in [-0.4, -0.2) is 33.5 Å². The lowest BCUT2D eigenvalue weighted by Gasteiger charge is -2.15. The van der Waals surface area contributed by atoms with Crippen molar-refractivity contribution in [2.45, 2.75) is 12.1 Å². The summed E-state index contributed by atoms with van der Waals surface area (Å²) in [5, 5.41) is 23.7. The van der Waals surface area contributed by atoms with Crippen LogP contribution in [0.1, 0.15) is 22.0 Å². The van der Waals surface area contributed by atoms with Crippen molar-refractivity contribution in [2.24, 2.45) is 0 Å². The predicted molar refractivity (Wildman–Crippen MR) is 102 cm³/mol. The Morgan fingerprint density at radius 3 is 2.27 bits per heavy atom. The standard InChI is InChI=1S/C17H9Cl2N3O8/c18-10-5-7(21(26)27)6-11(19)12(10)20-16(24)14(23)13(22(28)29)15-8-3-1-2-4-9(8)17(25)30-15/h1-6,13,15H,(H,20,24)/t13-,15-/m0/s1. The van der Waals surface area contributed by atoms with Crippen molar-refractivity contribution in [3.8, 4) is 0 Å². The number of nitrogens with one attached hydrogen (secondary N) is 1. The van der Waals surface area contributed by atoms with Crippen LogP contribution in [0.2, 0.25) is 10.0 Å². The molecule has 1 heterocycles. The molecule has 154 valence electrons. The summed E-state index contributed by atoms with van der Waals surface area (Å²) in [6.07, 6.45) is -1.61. The average molecular weight is 454 g/mol. The van der Waals surface area contributed by atoms with E-state index in [4.69, 9.17) is 27.9 Å². The molecule has 0 saturated heterocycles. The van der Waals surface area contributed by atoms with E-state index < -0.39 is 45.3 Å². The molecule has 1 amide bonds. The smallest absolute Gasteiger partial charge is 0.339 e. The lowest BCUT2D eigenvalue weighted by atomic mass is 9.97. The Morgan fingerprint density at radius 2 is 1.70 bits per heavy atom. The van der Waals surface area contributed by atoms with Gasteiger partial charge in [-0.25, -0.2) is 4.79 Å². The first-order valence-electron chi connectivity index (χ1n) is 8.04. The number of nitro benzene ring substituents is 1. The van der Waals surface area contributed by atoms with E-state index in [2.05, 4.69) is 0 Å². The molecule has 2 atom stereocenters. The van der Waals surface area contributed by atoms with Gasteiger partial charge in [-0.2, -0.15) is 0 Å². The van der Waals surface area contributed by atoms with Crippen LogP contribution < -0.4 is 5.32 Å². The van der Waals surface area contributed by atoms with Crippen molar-refractivity contribution in [3.63, 3.8) is 0 Å². The molecule has 0 saturated carbocycles. The van der Waals surface area contributed by atoms with Gasteiger partial charge in [0.1, 0.15) is 0 Å². The zero-order chi connectivity index (χ0) is 22.2. The second-order valence-electron chi connectivity index (χ2n) is 6.00. The van der Waals surface area contributed by atoms with Crippen LogP contribution in [0.25, 0.3) is 0 Å². The van der Waals surface area contributed by atoms with Crippen LogP contribution in [0.4, 0.5) is 11.4 Å². The molecule has 0 radical (unpaired) electrons. The number of hydrogen-bond acceptors (Lipinski definition) is 8. The second-order valence-corrected chi connectivity index (χ2v) is 6.82. The molecule has 1 N–H and O–H groups in total. The summed E-state index contributed by atoms with van der Waals surface area (Å²) >= 11 is 11.7. The highest BCUT2D eigenvalue weighted by molar-refractivity contribution is 6.46. The van der Waals surface area contributed by atoms with Gasteiger partial charge in [-0.15, -0.1) is 0 Å². The summed E-state index contributed by atoms with van der Waals surface area (Å²) in [4.78, 5) is 57.4. The largest absolute Gasteiger partial charge is 0.446 e. The van der Waals surface area contributed by atoms with Gasteiger partial charge < -0.3 is 10.1 Å². The number of hydrogen-bond donors (Lipinski definition) is 1. The Balaban J connectivity index is 1.89. The van der Waals surface area contributed by atoms with Gasteiger partial charge in [-0.05, 0) is 6.07 Å². The summed E-state index contributed by atoms with van der Waals surface area (Å²) in [6, 6.07) is 5.28. The zero-order valence-electron chi connectivity index (χ0n) is 14.5. The number of fused-ring (bicyclic) bond motifs is 1. The first kappa shape index (κ1) is 21.1. The number of non-ortho nitro benzene ring substituents is 1. The quantitative estimate of drug-likeness (QED) is 0.302. The number of benzene rings is 2. The number of ether oxygens (including phenoxy) is 1. The molecular weight excluding hydrogens is 445 g/mol. The monoisotopic (exact) mass is 453 g/mol. The Morgan fingerprint density at radius 1 is 1.10 bits per heavy atom. The molecule has 0 aliphatic carbocycles. The van der Waals surface area contributed by atoms with Gasteiger partial charge in [-0.3, -0.25) is 29.8 Å². The molecule has 0 spiro atoms. The van der Waals surface area contributed by atoms with Crippen LogP contribution in [0.5, 0.6) is 0 Å². The number of carbonyl (C=O) groups excluding carboxylic acids is 3. The molecule has 11 nitrogen and oxygen atoms in total. The van der Waals surface area contributed by atoms with Gasteiger partial charge in [0.2, 0.25) is 6.10 Å². The highest BCUT2D eigenvalue weighted by Crippen LogP contribution is 2.36. The lowest BCUT2D eigenvalue weighted by molar-refractivity contribution is -0.518. The zero-order valence-corrected chi connectivity index (χ0v) is 16.0. The number of rotatable bonds is 6. The molecule has 0 bridgehead atoms. The average Bonchev–Trinajstić information content (AvgIpc) is 3.00. The van der Waals surface area contributed by atoms with Gasteiger partial charge in [0.05, 0.1) is 26.2 Å². The molecule has 1 aliphatic rings. The van der Waals surface area contributed by atoms with Crippen LogP contribution >= 0.6 is 23.2 Å². The van der Waals surface area contributed by atoms with Gasteiger partial charge in [0.15, 0.2) is 0 Å². The molecule has 13 heteroatoms. The summed E-state index contributed by atoms with van der Waals surface area (Å²) < 4.78 is 4.96. The fourth-order valence-corrected chi connectivity index (χ4v) is 3.42. The third-order valence-electron chi connectivity index (χ3n) is 4.20. The molecule has 0 fully saturated rings. The number of ketones is 1. The first-order valence-corrected chi connectivity index (χ1v) is 8.79. The van der Waals surface area contributed by atoms with E-state index in [1.165, 1.54) is 24.3 Å². The number of cyclic esters (lactones) is 1. The van der Waals surface area contributed by atoms with Crippen molar-refractivity contribution in [1.29, 1.82) is 0 Å². The maximum atomic E-state index is 12.6. The minimum absolute atomic E-state index is 0.0454. The normalized spacial score (nSPS) is 15.7. The second kappa shape index (κ2) is 8.05. The minimum Gasteiger partial charge on any atom is -0.446 e. The van der Waals surface area contributed by atoms with Gasteiger partial charge in [-0.1, -0.05) is 41.4 Å². The van der Waals surface area contributed by atoms with Crippen LogP contribution in [0.3, 0.4) is 0 Å². The number of esters is 1. The highest BCUT2D eigenvalue weighted by atomic mass is 35.5. The van der Waals surface area contributed by atoms with Crippen molar-refractivity contribution >= 4 is 52.2 Å². The minimum atomic E-state index is -2.23. The molecule has 0 unspecified atom stereocenters. The number of carbonyl (C=O) groups is 3. The highest BCUT2D eigenvalue weighted by Gasteiger charge is 2.49. The fourth-order valence-electron chi connectivity index (χ4n) is 2.85. The summed E-state index contributed by atoms with van der Waals surface area (Å²) in [5.41, 5.74) is -0.666. The Labute approximate surface area is 176 Å². The SMILES string of the molecule is O=C(Nc1c(Cl)cc([N+](=O)[O-])cc1Cl)C(=O)[C@@H]([C@H]1OC(=O)c2ccccc21)[N+](=O)[O-]. The maximum Gasteiger partial charge on any atom is 0.339 e. The molecule has 3 rings (SSSR count). The summed E-state index contributed by atoms with van der Waals surface area (Å²) in [7, 11) is 0. The third kappa shape index (κ3) is 3.80. The van der Waals surface area contributed by atoms with Gasteiger partial charge in [0, 0.05) is 22.6 Å². The van der Waals surface area contributed by atoms with Crippen LogP contribution in [-0.2, 0) is 14.3 Å². The van der Waals surface area contributed by atoms with Gasteiger partial charge in [0.25, 0.3) is 17.4 Å². The van der Waals surface area contributed by atoms with Crippen molar-refractivity contribution < 1.29 is 29.0 Å². The molecule has 30 heavy (non-hydrogen) atoms. The Bertz CT molecular complexity index is 1100. The number of Topliss-reactive ketones (excluding diaryl/α,β-unsaturated/α-hetero) is 1. The first-order chi connectivity index (χ1) is 14.1. The molecule has 1 aliphatic heterocycles. The van der Waals surface area contributed by atoms with E-state index in [9.17, 15) is 34.6 Å². The lowest BCUT2D eigenvalue weighted by Crippen LogP contribution is -2.42. The number of halogens is 2. The molecule has 0 aromatic heterocycles. The maximum absolute atomic E-state index is 12.6. The third-order valence-corrected chi connectivity index (χ3v) is 4.80. The van der Waals surface area contributed by atoms with E-state index in [0.29, 0.717) is 0 Å². The number of anilines is 1. The van der Waals surface area contributed by atoms with Crippen LogP contribution in [0.15, 0.2) is 36.4 Å². The van der Waals surface area contributed by atoms with E-state index in [1.807, 2.05) is 5.32 Å². The number of nitrogens with zero attached hydrogens (tertiary/aromatic N) is 2. The van der Waals surface area contributed by atoms with Gasteiger partial charge >= 0.3 is 12.0 Å². The fraction of sp³-hybridized carbons (Fsp3) is 0.118. The molecule has 2 aromatic rings. The van der Waals surface area contributed by atoms with Crippen molar-refractivity contribution in [2.75, 3.05) is 5.32 Å². The van der Waals surface area contributed by atoms with E-state index >= 15 is 0 Å². The predicted octanol–water partition coefficient (Wildman–Crippen LogP) is 2.97. The number of nitro groups is 2. The Hall–Kier alpha value is -3.57. The Kier molecular flexibility index (Phi) is 5.67. The van der Waals surface area contributed by atoms with Crippen LogP contribution in [0, 0.1) is 20.2 Å². The van der Waals surface area contributed by atoms with E-state index in [1.54, 1.807) is 0 Å². The summed E-state index contributed by atoms with van der Waals surface area (Å²) in [5.74, 6) is -3.85. The van der Waals surface area contributed by atoms with Crippen molar-refractivity contribution in [1.82, 2.24) is 0 Å². The van der Waals surface area contributed by atoms with Crippen molar-refractivity contribution in [3.05, 3.63) is 77.8 Å². The van der Waals surface area contributed by atoms with E-state index in [0.717, 1.165) is 12.1 Å². The summed E-state index contributed by atoms with van der Waals surface area (Å²) in [6.45, 7) is 0. The number of amides is 1. The molecule has 2 aromatic carbocycles. The molecular formula is C17H9Cl2N3O8.